The fraction of sp³-hybridized carbons (Fsp3) is 0.364. The maximum Gasteiger partial charge on any atom is 0.303 e. The van der Waals surface area contributed by atoms with Crippen LogP contribution in [0.5, 0.6) is 0 Å². The van der Waals surface area contributed by atoms with Crippen molar-refractivity contribution in [1.82, 2.24) is 15.0 Å². The molecule has 0 saturated heterocycles. The largest absolute Gasteiger partial charge is 0.481 e. The van der Waals surface area contributed by atoms with E-state index in [2.05, 4.69) is 15.3 Å². The fourth-order valence-electron chi connectivity index (χ4n) is 3.83. The lowest BCUT2D eigenvalue weighted by atomic mass is 9.81. The van der Waals surface area contributed by atoms with Crippen molar-refractivity contribution in [3.8, 4) is 10.6 Å². The number of hydrogen-bond acceptors (Lipinski definition) is 6. The molecule has 0 aliphatic heterocycles. The summed E-state index contributed by atoms with van der Waals surface area (Å²) >= 11 is 1.69. The molecule has 8 heteroatoms. The van der Waals surface area contributed by atoms with Crippen molar-refractivity contribution >= 4 is 41.3 Å². The van der Waals surface area contributed by atoms with Crippen molar-refractivity contribution in [1.29, 1.82) is 0 Å². The molecule has 0 atom stereocenters. The lowest BCUT2D eigenvalue weighted by Gasteiger charge is -2.26. The van der Waals surface area contributed by atoms with Crippen LogP contribution in [0.4, 0.5) is 11.6 Å². The van der Waals surface area contributed by atoms with Gasteiger partial charge >= 0.3 is 5.97 Å². The summed E-state index contributed by atoms with van der Waals surface area (Å²) in [6, 6.07) is 9.86. The standard InChI is InChI=1S/C22H24N4O2S.ClH/c1-14-9-10-23-20(11-14)26-19-4-2-3-17(25-19)18-13-24-22(29-18)16-7-5-15(6-8-16)12-21(27)28;/h2-4,9-11,13,15-16H,5-8,12H2,1H3,(H,27,28)(H,23,25,26);1H. The van der Waals surface area contributed by atoms with Crippen molar-refractivity contribution in [2.24, 2.45) is 5.92 Å². The van der Waals surface area contributed by atoms with E-state index >= 15 is 0 Å². The van der Waals surface area contributed by atoms with Crippen LogP contribution < -0.4 is 5.32 Å². The molecule has 0 amide bonds. The van der Waals surface area contributed by atoms with E-state index in [9.17, 15) is 4.79 Å². The van der Waals surface area contributed by atoms with Crippen LogP contribution >= 0.6 is 23.7 Å². The van der Waals surface area contributed by atoms with Gasteiger partial charge in [0.05, 0.1) is 15.6 Å². The van der Waals surface area contributed by atoms with Gasteiger partial charge in [-0.2, -0.15) is 0 Å². The van der Waals surface area contributed by atoms with E-state index < -0.39 is 5.97 Å². The van der Waals surface area contributed by atoms with Crippen molar-refractivity contribution in [2.45, 2.75) is 44.9 Å². The second-order valence-corrected chi connectivity index (χ2v) is 8.69. The third-order valence-electron chi connectivity index (χ3n) is 5.36. The summed E-state index contributed by atoms with van der Waals surface area (Å²) in [5.74, 6) is 1.58. The molecule has 0 spiro atoms. The normalized spacial score (nSPS) is 18.4. The monoisotopic (exact) mass is 444 g/mol. The Morgan fingerprint density at radius 1 is 1.17 bits per heavy atom. The number of thiazole rings is 1. The van der Waals surface area contributed by atoms with E-state index in [0.29, 0.717) is 11.8 Å². The van der Waals surface area contributed by atoms with Crippen LogP contribution in [0.15, 0.2) is 42.7 Å². The molecule has 3 aromatic rings. The zero-order valence-electron chi connectivity index (χ0n) is 16.7. The highest BCUT2D eigenvalue weighted by Crippen LogP contribution is 2.40. The first-order valence-corrected chi connectivity index (χ1v) is 10.7. The second-order valence-electron chi connectivity index (χ2n) is 7.63. The highest BCUT2D eigenvalue weighted by molar-refractivity contribution is 7.15. The van der Waals surface area contributed by atoms with Gasteiger partial charge in [-0.1, -0.05) is 6.07 Å². The second kappa shape index (κ2) is 10.00. The van der Waals surface area contributed by atoms with Crippen LogP contribution in [0, 0.1) is 12.8 Å². The number of carbonyl (C=O) groups is 1. The number of aryl methyl sites for hydroxylation is 1. The van der Waals surface area contributed by atoms with Crippen LogP contribution in [0.25, 0.3) is 10.6 Å². The summed E-state index contributed by atoms with van der Waals surface area (Å²) < 4.78 is 0. The highest BCUT2D eigenvalue weighted by atomic mass is 35.5. The quantitative estimate of drug-likeness (QED) is 0.497. The van der Waals surface area contributed by atoms with E-state index in [4.69, 9.17) is 10.1 Å². The number of halogens is 1. The average Bonchev–Trinajstić information content (AvgIpc) is 3.19. The predicted molar refractivity (Wildman–Crippen MR) is 122 cm³/mol. The zero-order chi connectivity index (χ0) is 20.2. The molecular weight excluding hydrogens is 420 g/mol. The molecule has 1 saturated carbocycles. The SMILES string of the molecule is Cc1ccnc(Nc2cccc(-c3cnc(C4CCC(CC(=O)O)CC4)s3)n2)c1.Cl. The van der Waals surface area contributed by atoms with Crippen molar-refractivity contribution < 1.29 is 9.90 Å². The fourth-order valence-corrected chi connectivity index (χ4v) is 4.89. The topological polar surface area (TPSA) is 88.0 Å². The maximum atomic E-state index is 10.9. The van der Waals surface area contributed by atoms with Crippen LogP contribution in [-0.2, 0) is 4.79 Å². The Bertz CT molecular complexity index is 1000. The number of anilines is 2. The number of nitrogens with zero attached hydrogens (tertiary/aromatic N) is 3. The predicted octanol–water partition coefficient (Wildman–Crippen LogP) is 5.82. The first kappa shape index (κ1) is 22.2. The molecule has 0 radical (unpaired) electrons. The molecule has 30 heavy (non-hydrogen) atoms. The molecule has 1 aliphatic rings. The van der Waals surface area contributed by atoms with Gasteiger partial charge in [-0.3, -0.25) is 4.79 Å². The van der Waals surface area contributed by atoms with Gasteiger partial charge in [0.2, 0.25) is 0 Å². The van der Waals surface area contributed by atoms with E-state index in [1.54, 1.807) is 17.5 Å². The number of hydrogen-bond donors (Lipinski definition) is 2. The van der Waals surface area contributed by atoms with Crippen LogP contribution in [0.2, 0.25) is 0 Å². The summed E-state index contributed by atoms with van der Waals surface area (Å²) in [6.07, 6.45) is 7.93. The summed E-state index contributed by atoms with van der Waals surface area (Å²) in [5, 5.41) is 13.4. The molecule has 4 rings (SSSR count). The molecule has 0 aromatic carbocycles. The highest BCUT2D eigenvalue weighted by Gasteiger charge is 2.26. The third-order valence-corrected chi connectivity index (χ3v) is 6.54. The molecule has 0 unspecified atom stereocenters. The van der Waals surface area contributed by atoms with E-state index in [0.717, 1.165) is 58.5 Å². The molecule has 3 heterocycles. The molecule has 1 fully saturated rings. The van der Waals surface area contributed by atoms with Crippen LogP contribution in [0.1, 0.15) is 48.6 Å². The Hall–Kier alpha value is -2.51. The Morgan fingerprint density at radius 3 is 2.70 bits per heavy atom. The number of aliphatic carboxylic acids is 1. The molecule has 1 aliphatic carbocycles. The van der Waals surface area contributed by atoms with Gasteiger partial charge < -0.3 is 10.4 Å². The zero-order valence-corrected chi connectivity index (χ0v) is 18.4. The average molecular weight is 445 g/mol. The maximum absolute atomic E-state index is 10.9. The van der Waals surface area contributed by atoms with Crippen molar-refractivity contribution in [3.05, 3.63) is 53.3 Å². The summed E-state index contributed by atoms with van der Waals surface area (Å²) in [4.78, 5) is 25.7. The minimum Gasteiger partial charge on any atom is -0.481 e. The number of nitrogens with one attached hydrogen (secondary N) is 1. The smallest absolute Gasteiger partial charge is 0.303 e. The van der Waals surface area contributed by atoms with Crippen molar-refractivity contribution in [3.63, 3.8) is 0 Å². The van der Waals surface area contributed by atoms with E-state index in [1.807, 2.05) is 43.5 Å². The molecule has 6 nitrogen and oxygen atoms in total. The number of rotatable bonds is 6. The van der Waals surface area contributed by atoms with Gasteiger partial charge in [0, 0.05) is 24.7 Å². The number of carboxylic acid groups (broad SMARTS) is 1. The number of aromatic nitrogens is 3. The first-order valence-electron chi connectivity index (χ1n) is 9.91. The molecule has 158 valence electrons. The Balaban J connectivity index is 0.00000256. The number of pyridine rings is 2. The molecule has 3 aromatic heterocycles. The van der Waals surface area contributed by atoms with Gasteiger partial charge in [0.1, 0.15) is 11.6 Å². The van der Waals surface area contributed by atoms with E-state index in [1.165, 1.54) is 0 Å². The lowest BCUT2D eigenvalue weighted by molar-refractivity contribution is -0.138. The third kappa shape index (κ3) is 5.55. The number of carboxylic acids is 1. The minimum absolute atomic E-state index is 0. The van der Waals surface area contributed by atoms with Gasteiger partial charge in [-0.05, 0) is 68.4 Å². The molecular formula is C22H25ClN4O2S. The molecule has 0 bridgehead atoms. The van der Waals surface area contributed by atoms with Crippen LogP contribution in [0.3, 0.4) is 0 Å². The molecule has 2 N–H and O–H groups in total. The van der Waals surface area contributed by atoms with Gasteiger partial charge in [-0.15, -0.1) is 23.7 Å². The summed E-state index contributed by atoms with van der Waals surface area (Å²) in [5.41, 5.74) is 2.04. The Labute approximate surface area is 186 Å². The minimum atomic E-state index is -0.689. The van der Waals surface area contributed by atoms with Gasteiger partial charge in [0.15, 0.2) is 0 Å². The van der Waals surface area contributed by atoms with Crippen LogP contribution in [-0.4, -0.2) is 26.0 Å². The Morgan fingerprint density at radius 2 is 1.97 bits per heavy atom. The first-order chi connectivity index (χ1) is 14.1. The lowest BCUT2D eigenvalue weighted by Crippen LogP contribution is -2.16. The van der Waals surface area contributed by atoms with Gasteiger partial charge in [-0.25, -0.2) is 15.0 Å². The van der Waals surface area contributed by atoms with Gasteiger partial charge in [0.25, 0.3) is 0 Å². The summed E-state index contributed by atoms with van der Waals surface area (Å²) in [6.45, 7) is 2.03. The Kier molecular flexibility index (Phi) is 7.39. The van der Waals surface area contributed by atoms with E-state index in [-0.39, 0.29) is 18.8 Å². The van der Waals surface area contributed by atoms with Crippen molar-refractivity contribution in [2.75, 3.05) is 5.32 Å². The summed E-state index contributed by atoms with van der Waals surface area (Å²) in [7, 11) is 0.